The van der Waals surface area contributed by atoms with Crippen LogP contribution in [0.15, 0.2) is 18.3 Å². The summed E-state index contributed by atoms with van der Waals surface area (Å²) in [6, 6.07) is 4.14. The monoisotopic (exact) mass is 220 g/mol. The summed E-state index contributed by atoms with van der Waals surface area (Å²) < 4.78 is 10.9. The van der Waals surface area contributed by atoms with E-state index in [-0.39, 0.29) is 6.29 Å². The molecule has 4 heteroatoms. The summed E-state index contributed by atoms with van der Waals surface area (Å²) in [5.41, 5.74) is 2.13. The fourth-order valence-corrected chi connectivity index (χ4v) is 2.27. The fraction of sp³-hybridized carbons (Fsp3) is 0.583. The van der Waals surface area contributed by atoms with Crippen LogP contribution in [0.2, 0.25) is 0 Å². The minimum Gasteiger partial charge on any atom is -0.371 e. The van der Waals surface area contributed by atoms with Crippen molar-refractivity contribution in [3.63, 3.8) is 0 Å². The van der Waals surface area contributed by atoms with Crippen molar-refractivity contribution in [3.05, 3.63) is 24.0 Å². The second-order valence-corrected chi connectivity index (χ2v) is 4.21. The SMILES string of the molecule is c1cc(N2CCCC2)cc(C2OCCO2)n1. The van der Waals surface area contributed by atoms with Crippen LogP contribution in [0.25, 0.3) is 0 Å². The molecule has 2 saturated heterocycles. The maximum atomic E-state index is 5.45. The van der Waals surface area contributed by atoms with Crippen LogP contribution in [0, 0.1) is 0 Å². The molecule has 0 unspecified atom stereocenters. The third-order valence-corrected chi connectivity index (χ3v) is 3.10. The molecule has 2 fully saturated rings. The van der Waals surface area contributed by atoms with E-state index in [2.05, 4.69) is 22.0 Å². The first kappa shape index (κ1) is 10.1. The Bertz CT molecular complexity index is 327. The lowest BCUT2D eigenvalue weighted by Gasteiger charge is -2.18. The van der Waals surface area contributed by atoms with Crippen LogP contribution >= 0.6 is 0 Å². The average molecular weight is 220 g/mol. The maximum Gasteiger partial charge on any atom is 0.201 e. The summed E-state index contributed by atoms with van der Waals surface area (Å²) in [6.45, 7) is 3.63. The Labute approximate surface area is 95.2 Å². The van der Waals surface area contributed by atoms with E-state index in [1.54, 1.807) is 0 Å². The number of anilines is 1. The fourth-order valence-electron chi connectivity index (χ4n) is 2.27. The molecule has 4 nitrogen and oxygen atoms in total. The van der Waals surface area contributed by atoms with Crippen LogP contribution in [-0.4, -0.2) is 31.3 Å². The molecule has 1 aromatic heterocycles. The summed E-state index contributed by atoms with van der Waals surface area (Å²) in [4.78, 5) is 6.71. The van der Waals surface area contributed by atoms with Gasteiger partial charge in [0.1, 0.15) is 0 Å². The van der Waals surface area contributed by atoms with Gasteiger partial charge in [-0.3, -0.25) is 4.98 Å². The van der Waals surface area contributed by atoms with Gasteiger partial charge in [-0.2, -0.15) is 0 Å². The Balaban J connectivity index is 1.81. The number of aromatic nitrogens is 1. The quantitative estimate of drug-likeness (QED) is 0.760. The van der Waals surface area contributed by atoms with Gasteiger partial charge in [0, 0.05) is 25.0 Å². The number of ether oxygens (including phenoxy) is 2. The van der Waals surface area contributed by atoms with Crippen LogP contribution in [0.3, 0.4) is 0 Å². The van der Waals surface area contributed by atoms with Crippen molar-refractivity contribution in [1.82, 2.24) is 4.98 Å². The van der Waals surface area contributed by atoms with E-state index in [0.717, 1.165) is 18.8 Å². The van der Waals surface area contributed by atoms with Gasteiger partial charge < -0.3 is 14.4 Å². The van der Waals surface area contributed by atoms with Gasteiger partial charge in [0.25, 0.3) is 0 Å². The molecule has 0 amide bonds. The topological polar surface area (TPSA) is 34.6 Å². The van der Waals surface area contributed by atoms with E-state index < -0.39 is 0 Å². The number of hydrogen-bond acceptors (Lipinski definition) is 4. The van der Waals surface area contributed by atoms with Gasteiger partial charge >= 0.3 is 0 Å². The summed E-state index contributed by atoms with van der Waals surface area (Å²) >= 11 is 0. The second-order valence-electron chi connectivity index (χ2n) is 4.21. The Morgan fingerprint density at radius 2 is 1.94 bits per heavy atom. The van der Waals surface area contributed by atoms with E-state index in [9.17, 15) is 0 Å². The molecule has 86 valence electrons. The maximum absolute atomic E-state index is 5.45. The minimum absolute atomic E-state index is 0.262. The second kappa shape index (κ2) is 4.39. The first-order valence-corrected chi connectivity index (χ1v) is 5.87. The average Bonchev–Trinajstić information content (AvgIpc) is 3.03. The first-order valence-electron chi connectivity index (χ1n) is 5.87. The summed E-state index contributed by atoms with van der Waals surface area (Å²) in [5.74, 6) is 0. The molecule has 3 heterocycles. The normalized spacial score (nSPS) is 21.9. The predicted molar refractivity (Wildman–Crippen MR) is 60.3 cm³/mol. The van der Waals surface area contributed by atoms with E-state index in [0.29, 0.717) is 13.2 Å². The standard InChI is InChI=1S/C12H16N2O2/c1-2-6-14(5-1)10-3-4-13-11(9-10)12-15-7-8-16-12/h3-4,9,12H,1-2,5-8H2. The van der Waals surface area contributed by atoms with Crippen LogP contribution in [0.4, 0.5) is 5.69 Å². The molecule has 0 bridgehead atoms. The van der Waals surface area contributed by atoms with E-state index >= 15 is 0 Å². The molecular weight excluding hydrogens is 204 g/mol. The smallest absolute Gasteiger partial charge is 0.201 e. The van der Waals surface area contributed by atoms with E-state index in [1.807, 2.05) is 6.20 Å². The van der Waals surface area contributed by atoms with Gasteiger partial charge in [-0.05, 0) is 25.0 Å². The number of nitrogens with zero attached hydrogens (tertiary/aromatic N) is 2. The summed E-state index contributed by atoms with van der Waals surface area (Å²) in [6.07, 6.45) is 4.15. The number of hydrogen-bond donors (Lipinski definition) is 0. The molecule has 16 heavy (non-hydrogen) atoms. The number of pyridine rings is 1. The Kier molecular flexibility index (Phi) is 2.76. The van der Waals surface area contributed by atoms with E-state index in [4.69, 9.17) is 9.47 Å². The molecule has 0 atom stereocenters. The van der Waals surface area contributed by atoms with Crippen molar-refractivity contribution >= 4 is 5.69 Å². The Hall–Kier alpha value is -1.13. The predicted octanol–water partition coefficient (Wildman–Crippen LogP) is 1.73. The largest absolute Gasteiger partial charge is 0.371 e. The molecular formula is C12H16N2O2. The van der Waals surface area contributed by atoms with Crippen molar-refractivity contribution in [2.45, 2.75) is 19.1 Å². The molecule has 2 aliphatic heterocycles. The van der Waals surface area contributed by atoms with Crippen LogP contribution in [-0.2, 0) is 9.47 Å². The lowest BCUT2D eigenvalue weighted by atomic mass is 10.3. The Morgan fingerprint density at radius 3 is 2.69 bits per heavy atom. The first-order chi connectivity index (χ1) is 7.93. The number of rotatable bonds is 2. The van der Waals surface area contributed by atoms with Gasteiger partial charge in [-0.15, -0.1) is 0 Å². The summed E-state index contributed by atoms with van der Waals surface area (Å²) in [5, 5.41) is 0. The van der Waals surface area contributed by atoms with Crippen LogP contribution in [0.1, 0.15) is 24.8 Å². The molecule has 0 aromatic carbocycles. The Morgan fingerprint density at radius 1 is 1.19 bits per heavy atom. The molecule has 3 rings (SSSR count). The highest BCUT2D eigenvalue weighted by Gasteiger charge is 2.21. The third-order valence-electron chi connectivity index (χ3n) is 3.10. The van der Waals surface area contributed by atoms with Crippen molar-refractivity contribution < 1.29 is 9.47 Å². The molecule has 2 aliphatic rings. The minimum atomic E-state index is -0.262. The zero-order valence-corrected chi connectivity index (χ0v) is 9.26. The van der Waals surface area contributed by atoms with Crippen LogP contribution in [0.5, 0.6) is 0 Å². The highest BCUT2D eigenvalue weighted by Crippen LogP contribution is 2.26. The molecule has 0 saturated carbocycles. The zero-order valence-electron chi connectivity index (χ0n) is 9.26. The zero-order chi connectivity index (χ0) is 10.8. The van der Waals surface area contributed by atoms with Gasteiger partial charge in [-0.25, -0.2) is 0 Å². The summed E-state index contributed by atoms with van der Waals surface area (Å²) in [7, 11) is 0. The van der Waals surface area contributed by atoms with Crippen molar-refractivity contribution in [2.75, 3.05) is 31.2 Å². The van der Waals surface area contributed by atoms with Crippen molar-refractivity contribution in [3.8, 4) is 0 Å². The molecule has 0 spiro atoms. The molecule has 0 aliphatic carbocycles. The highest BCUT2D eigenvalue weighted by molar-refractivity contribution is 5.47. The third kappa shape index (κ3) is 1.90. The lowest BCUT2D eigenvalue weighted by molar-refractivity contribution is -0.0472. The van der Waals surface area contributed by atoms with Gasteiger partial charge in [0.2, 0.25) is 6.29 Å². The van der Waals surface area contributed by atoms with Crippen molar-refractivity contribution in [2.24, 2.45) is 0 Å². The lowest BCUT2D eigenvalue weighted by Crippen LogP contribution is -2.18. The molecule has 0 radical (unpaired) electrons. The molecule has 1 aromatic rings. The van der Waals surface area contributed by atoms with Gasteiger partial charge in [0.05, 0.1) is 18.9 Å². The molecule has 0 N–H and O–H groups in total. The van der Waals surface area contributed by atoms with Gasteiger partial charge in [0.15, 0.2) is 0 Å². The van der Waals surface area contributed by atoms with Crippen LogP contribution < -0.4 is 4.90 Å². The van der Waals surface area contributed by atoms with E-state index in [1.165, 1.54) is 18.5 Å². The van der Waals surface area contributed by atoms with Crippen molar-refractivity contribution in [1.29, 1.82) is 0 Å². The highest BCUT2D eigenvalue weighted by atomic mass is 16.7. The van der Waals surface area contributed by atoms with Gasteiger partial charge in [-0.1, -0.05) is 0 Å².